The van der Waals surface area contributed by atoms with Gasteiger partial charge >= 0.3 is 5.97 Å². The van der Waals surface area contributed by atoms with Gasteiger partial charge in [0, 0.05) is 12.2 Å². The Morgan fingerprint density at radius 1 is 1.32 bits per heavy atom. The van der Waals surface area contributed by atoms with Gasteiger partial charge in [0.05, 0.1) is 7.11 Å². The highest BCUT2D eigenvalue weighted by Crippen LogP contribution is 2.65. The van der Waals surface area contributed by atoms with E-state index in [9.17, 15) is 9.90 Å². The lowest BCUT2D eigenvalue weighted by Crippen LogP contribution is -2.52. The fourth-order valence-electron chi connectivity index (χ4n) is 5.56. The summed E-state index contributed by atoms with van der Waals surface area (Å²) in [6.45, 7) is 2.17. The third-order valence-electron chi connectivity index (χ3n) is 5.59. The van der Waals surface area contributed by atoms with E-state index in [-0.39, 0.29) is 16.8 Å². The average Bonchev–Trinajstić information content (AvgIpc) is 2.35. The number of aliphatic hydroxyl groups excluding tert-OH is 1. The topological polar surface area (TPSA) is 46.5 Å². The van der Waals surface area contributed by atoms with Gasteiger partial charge in [-0.15, -0.1) is 0 Å². The number of hydrogen-bond acceptors (Lipinski definition) is 3. The molecule has 4 saturated carbocycles. The Bertz CT molecular complexity index is 410. The maximum absolute atomic E-state index is 11.6. The molecule has 4 rings (SSSR count). The van der Waals surface area contributed by atoms with E-state index >= 15 is 0 Å². The van der Waals surface area contributed by atoms with Crippen LogP contribution in [0, 0.1) is 22.7 Å². The molecule has 0 spiro atoms. The molecule has 0 aliphatic heterocycles. The van der Waals surface area contributed by atoms with E-state index in [1.54, 1.807) is 0 Å². The third kappa shape index (κ3) is 2.12. The van der Waals surface area contributed by atoms with E-state index in [0.29, 0.717) is 6.61 Å². The van der Waals surface area contributed by atoms with Crippen LogP contribution in [0.5, 0.6) is 0 Å². The molecule has 2 atom stereocenters. The monoisotopic (exact) mass is 264 g/mol. The fourth-order valence-corrected chi connectivity index (χ4v) is 5.56. The van der Waals surface area contributed by atoms with Crippen LogP contribution < -0.4 is 0 Å². The molecule has 0 aromatic rings. The van der Waals surface area contributed by atoms with Crippen LogP contribution >= 0.6 is 0 Å². The van der Waals surface area contributed by atoms with Gasteiger partial charge in [0.25, 0.3) is 0 Å². The summed E-state index contributed by atoms with van der Waals surface area (Å²) in [4.78, 5) is 11.6. The van der Waals surface area contributed by atoms with Gasteiger partial charge < -0.3 is 9.84 Å². The first-order valence-electron chi connectivity index (χ1n) is 7.38. The van der Waals surface area contributed by atoms with Crippen molar-refractivity contribution >= 4 is 5.97 Å². The molecule has 106 valence electrons. The lowest BCUT2D eigenvalue weighted by atomic mass is 9.44. The van der Waals surface area contributed by atoms with Gasteiger partial charge in [-0.2, -0.15) is 0 Å². The summed E-state index contributed by atoms with van der Waals surface area (Å²) < 4.78 is 4.82. The molecule has 1 N–H and O–H groups in total. The molecule has 4 aliphatic carbocycles. The number of carbonyl (C=O) groups is 1. The number of carbonyl (C=O) groups excluding carboxylic acids is 1. The van der Waals surface area contributed by atoms with Crippen molar-refractivity contribution < 1.29 is 14.6 Å². The predicted molar refractivity (Wildman–Crippen MR) is 72.4 cm³/mol. The molecule has 19 heavy (non-hydrogen) atoms. The first-order valence-corrected chi connectivity index (χ1v) is 7.38. The minimum Gasteiger partial charge on any atom is -0.466 e. The van der Waals surface area contributed by atoms with Crippen molar-refractivity contribution in [2.45, 2.75) is 45.4 Å². The Morgan fingerprint density at radius 2 is 1.95 bits per heavy atom. The second-order valence-electron chi connectivity index (χ2n) is 7.30. The highest BCUT2D eigenvalue weighted by molar-refractivity contribution is 5.87. The zero-order valence-electron chi connectivity index (χ0n) is 11.9. The number of esters is 1. The van der Waals surface area contributed by atoms with Gasteiger partial charge in [-0.3, -0.25) is 0 Å². The van der Waals surface area contributed by atoms with Crippen LogP contribution in [0.2, 0.25) is 0 Å². The molecule has 0 radical (unpaired) electrons. The van der Waals surface area contributed by atoms with Crippen LogP contribution in [-0.4, -0.2) is 24.8 Å². The normalized spacial score (nSPS) is 44.5. The van der Waals surface area contributed by atoms with E-state index in [1.807, 2.05) is 6.92 Å². The number of allylic oxidation sites excluding steroid dienone is 1. The van der Waals surface area contributed by atoms with E-state index in [4.69, 9.17) is 4.74 Å². The molecule has 4 fully saturated rings. The first-order chi connectivity index (χ1) is 9.00. The van der Waals surface area contributed by atoms with Crippen LogP contribution in [0.1, 0.15) is 45.4 Å². The quantitative estimate of drug-likeness (QED) is 0.629. The predicted octanol–water partition coefficient (Wildman–Crippen LogP) is 2.68. The zero-order chi connectivity index (χ0) is 13.7. The van der Waals surface area contributed by atoms with Gasteiger partial charge in [-0.1, -0.05) is 6.08 Å². The van der Waals surface area contributed by atoms with Crippen molar-refractivity contribution in [1.82, 2.24) is 0 Å². The molecule has 3 nitrogen and oxygen atoms in total. The Kier molecular flexibility index (Phi) is 3.01. The van der Waals surface area contributed by atoms with Crippen molar-refractivity contribution in [3.05, 3.63) is 11.6 Å². The SMILES string of the molecule is COC(=O)/C(C)=C/C12CC3CC(C1)CC(CO)(C3)C2. The standard InChI is InChI=1S/C16H24O3/c1-11(14(18)19-2)4-15-5-12-3-13(6-15)8-16(7-12,9-15)10-17/h4,12-13,17H,3,5-10H2,1-2H3/b11-4+. The molecule has 0 heterocycles. The van der Waals surface area contributed by atoms with Gasteiger partial charge in [-0.05, 0) is 68.1 Å². The Balaban J connectivity index is 1.90. The molecule has 0 saturated heterocycles. The fraction of sp³-hybridized carbons (Fsp3) is 0.812. The van der Waals surface area contributed by atoms with Crippen LogP contribution in [0.25, 0.3) is 0 Å². The molecule has 4 aliphatic rings. The zero-order valence-corrected chi connectivity index (χ0v) is 11.9. The highest BCUT2D eigenvalue weighted by atomic mass is 16.5. The van der Waals surface area contributed by atoms with Gasteiger partial charge in [-0.25, -0.2) is 4.79 Å². The summed E-state index contributed by atoms with van der Waals surface area (Å²) in [5.74, 6) is 1.28. The lowest BCUT2D eigenvalue weighted by Gasteiger charge is -2.61. The molecule has 0 aromatic carbocycles. The maximum atomic E-state index is 11.6. The number of methoxy groups -OCH3 is 1. The van der Waals surface area contributed by atoms with Crippen molar-refractivity contribution in [2.24, 2.45) is 22.7 Å². The summed E-state index contributed by atoms with van der Waals surface area (Å²) in [5.41, 5.74) is 1.01. The minimum atomic E-state index is -0.214. The molecule has 0 aromatic heterocycles. The summed E-state index contributed by atoms with van der Waals surface area (Å²) in [7, 11) is 1.44. The summed E-state index contributed by atoms with van der Waals surface area (Å²) in [6.07, 6.45) is 9.31. The number of rotatable bonds is 3. The Morgan fingerprint density at radius 3 is 2.47 bits per heavy atom. The molecule has 4 bridgehead atoms. The molecule has 2 unspecified atom stereocenters. The Labute approximate surface area is 115 Å². The van der Waals surface area contributed by atoms with E-state index in [1.165, 1.54) is 39.2 Å². The smallest absolute Gasteiger partial charge is 0.333 e. The van der Waals surface area contributed by atoms with E-state index in [2.05, 4.69) is 6.08 Å². The average molecular weight is 264 g/mol. The van der Waals surface area contributed by atoms with E-state index in [0.717, 1.165) is 23.8 Å². The van der Waals surface area contributed by atoms with Crippen LogP contribution in [0.3, 0.4) is 0 Å². The highest BCUT2D eigenvalue weighted by Gasteiger charge is 2.56. The van der Waals surface area contributed by atoms with Crippen molar-refractivity contribution in [1.29, 1.82) is 0 Å². The van der Waals surface area contributed by atoms with Gasteiger partial charge in [0.2, 0.25) is 0 Å². The third-order valence-corrected chi connectivity index (χ3v) is 5.59. The first kappa shape index (κ1) is 13.2. The Hall–Kier alpha value is -0.830. The number of aliphatic hydroxyl groups is 1. The lowest BCUT2D eigenvalue weighted by molar-refractivity contribution is -0.136. The van der Waals surface area contributed by atoms with Crippen molar-refractivity contribution in [2.75, 3.05) is 13.7 Å². The second kappa shape index (κ2) is 4.34. The van der Waals surface area contributed by atoms with Crippen molar-refractivity contribution in [3.8, 4) is 0 Å². The number of ether oxygens (including phenoxy) is 1. The van der Waals surface area contributed by atoms with Crippen LogP contribution in [0.15, 0.2) is 11.6 Å². The number of hydrogen-bond donors (Lipinski definition) is 1. The van der Waals surface area contributed by atoms with Gasteiger partial charge in [0.1, 0.15) is 0 Å². The maximum Gasteiger partial charge on any atom is 0.333 e. The van der Waals surface area contributed by atoms with Crippen LogP contribution in [-0.2, 0) is 9.53 Å². The molecule has 3 heteroatoms. The molecule has 0 amide bonds. The van der Waals surface area contributed by atoms with Crippen molar-refractivity contribution in [3.63, 3.8) is 0 Å². The summed E-state index contributed by atoms with van der Waals surface area (Å²) >= 11 is 0. The van der Waals surface area contributed by atoms with Gasteiger partial charge in [0.15, 0.2) is 0 Å². The minimum absolute atomic E-state index is 0.136. The summed E-state index contributed by atoms with van der Waals surface area (Å²) in [6, 6.07) is 0. The molecular weight excluding hydrogens is 240 g/mol. The molecular formula is C16H24O3. The van der Waals surface area contributed by atoms with Crippen LogP contribution in [0.4, 0.5) is 0 Å². The second-order valence-corrected chi connectivity index (χ2v) is 7.30. The summed E-state index contributed by atoms with van der Waals surface area (Å²) in [5, 5.41) is 9.82. The van der Waals surface area contributed by atoms with E-state index < -0.39 is 0 Å². The largest absolute Gasteiger partial charge is 0.466 e.